The van der Waals surface area contributed by atoms with E-state index < -0.39 is 11.9 Å². The number of nitrogens with zero attached hydrogens (tertiary/aromatic N) is 5. The molecule has 0 spiro atoms. The van der Waals surface area contributed by atoms with Crippen LogP contribution in [0.2, 0.25) is 0 Å². The Balaban J connectivity index is 1.35. The summed E-state index contributed by atoms with van der Waals surface area (Å²) in [6, 6.07) is 14.8. The molecule has 2 aromatic carbocycles. The number of carbonyl (C=O) groups excluding carboxylic acids is 2. The first-order valence-corrected chi connectivity index (χ1v) is 14.0. The van der Waals surface area contributed by atoms with Crippen LogP contribution in [0.1, 0.15) is 43.2 Å². The number of benzene rings is 2. The first-order chi connectivity index (χ1) is 20.5. The molecule has 42 heavy (non-hydrogen) atoms. The second kappa shape index (κ2) is 11.9. The molecule has 2 amide bonds. The number of methoxy groups -OCH3 is 1. The van der Waals surface area contributed by atoms with Crippen molar-refractivity contribution in [2.45, 2.75) is 51.2 Å². The third-order valence-electron chi connectivity index (χ3n) is 7.39. The molecule has 0 bridgehead atoms. The lowest BCUT2D eigenvalue weighted by molar-refractivity contribution is -0.128. The number of ether oxygens (including phenoxy) is 3. The fourth-order valence-corrected chi connectivity index (χ4v) is 5.31. The van der Waals surface area contributed by atoms with Crippen LogP contribution in [0.5, 0.6) is 17.2 Å². The molecule has 1 aliphatic carbocycles. The molecule has 4 aromatic rings. The Morgan fingerprint density at radius 2 is 1.81 bits per heavy atom. The van der Waals surface area contributed by atoms with Gasteiger partial charge < -0.3 is 23.9 Å². The molecule has 12 heteroatoms. The molecule has 1 atom stereocenters. The van der Waals surface area contributed by atoms with Crippen LogP contribution in [0.25, 0.3) is 11.4 Å². The summed E-state index contributed by atoms with van der Waals surface area (Å²) in [7, 11) is 1.59. The summed E-state index contributed by atoms with van der Waals surface area (Å²) in [5.74, 6) is 2.32. The summed E-state index contributed by atoms with van der Waals surface area (Å²) in [6.45, 7) is 2.34. The van der Waals surface area contributed by atoms with Crippen LogP contribution in [-0.4, -0.2) is 58.4 Å². The van der Waals surface area contributed by atoms with Crippen molar-refractivity contribution in [3.05, 3.63) is 66.1 Å². The van der Waals surface area contributed by atoms with Gasteiger partial charge in [0.25, 0.3) is 11.8 Å². The zero-order valence-electron chi connectivity index (χ0n) is 23.5. The Kier molecular flexibility index (Phi) is 7.76. The number of anilines is 1. The van der Waals surface area contributed by atoms with Gasteiger partial charge in [0, 0.05) is 23.4 Å². The van der Waals surface area contributed by atoms with E-state index in [1.807, 2.05) is 12.1 Å². The van der Waals surface area contributed by atoms with E-state index in [1.54, 1.807) is 56.5 Å². The van der Waals surface area contributed by atoms with Crippen molar-refractivity contribution >= 4 is 17.5 Å². The Bertz CT molecular complexity index is 1560. The molecule has 6 rings (SSSR count). The number of hydrogen-bond acceptors (Lipinski definition) is 9. The average molecular weight is 573 g/mol. The minimum absolute atomic E-state index is 0.0392. The van der Waals surface area contributed by atoms with Gasteiger partial charge in [-0.2, -0.15) is 4.80 Å². The molecule has 3 heterocycles. The van der Waals surface area contributed by atoms with E-state index in [4.69, 9.17) is 18.6 Å². The highest BCUT2D eigenvalue weighted by molar-refractivity contribution is 6.01. The first kappa shape index (κ1) is 27.3. The molecule has 0 saturated heterocycles. The second-order valence-electron chi connectivity index (χ2n) is 10.3. The molecule has 1 N–H and O–H groups in total. The number of rotatable bonds is 9. The highest BCUT2D eigenvalue weighted by Crippen LogP contribution is 2.38. The molecule has 0 radical (unpaired) electrons. The van der Waals surface area contributed by atoms with Gasteiger partial charge in [0.1, 0.15) is 37.0 Å². The van der Waals surface area contributed by atoms with Crippen LogP contribution in [-0.2, 0) is 16.1 Å². The SMILES string of the molecule is COc1ccc(-c2nnn(CC(=O)N(c3ccc4c(c3)OCCO4)C(C(=O)NC3CCCC3)c3ccc(C)o3)n2)cc1. The Morgan fingerprint density at radius 1 is 1.05 bits per heavy atom. The summed E-state index contributed by atoms with van der Waals surface area (Å²) in [6.07, 6.45) is 3.89. The summed E-state index contributed by atoms with van der Waals surface area (Å²) >= 11 is 0. The van der Waals surface area contributed by atoms with E-state index in [2.05, 4.69) is 20.7 Å². The van der Waals surface area contributed by atoms with E-state index in [0.717, 1.165) is 31.2 Å². The second-order valence-corrected chi connectivity index (χ2v) is 10.3. The van der Waals surface area contributed by atoms with Crippen molar-refractivity contribution in [1.29, 1.82) is 0 Å². The van der Waals surface area contributed by atoms with Gasteiger partial charge >= 0.3 is 0 Å². The maximum atomic E-state index is 14.2. The zero-order valence-corrected chi connectivity index (χ0v) is 23.5. The first-order valence-electron chi connectivity index (χ1n) is 14.0. The summed E-state index contributed by atoms with van der Waals surface area (Å²) in [5, 5.41) is 15.8. The normalized spacial score (nSPS) is 15.3. The van der Waals surface area contributed by atoms with E-state index in [9.17, 15) is 9.59 Å². The predicted molar refractivity (Wildman–Crippen MR) is 151 cm³/mol. The van der Waals surface area contributed by atoms with Crippen LogP contribution < -0.4 is 24.4 Å². The molecule has 12 nitrogen and oxygen atoms in total. The van der Waals surface area contributed by atoms with Gasteiger partial charge in [-0.25, -0.2) is 0 Å². The number of furan rings is 1. The molecule has 2 aliphatic rings. The zero-order chi connectivity index (χ0) is 29.1. The third kappa shape index (κ3) is 5.78. The van der Waals surface area contributed by atoms with Crippen molar-refractivity contribution in [2.24, 2.45) is 0 Å². The minimum atomic E-state index is -1.08. The van der Waals surface area contributed by atoms with Crippen LogP contribution in [0.3, 0.4) is 0 Å². The smallest absolute Gasteiger partial charge is 0.251 e. The van der Waals surface area contributed by atoms with Gasteiger partial charge in [-0.3, -0.25) is 14.5 Å². The molecular weight excluding hydrogens is 540 g/mol. The van der Waals surface area contributed by atoms with Crippen molar-refractivity contribution in [3.8, 4) is 28.6 Å². The average Bonchev–Trinajstić information content (AvgIpc) is 3.79. The van der Waals surface area contributed by atoms with Gasteiger partial charge in [-0.05, 0) is 73.5 Å². The molecule has 1 unspecified atom stereocenters. The van der Waals surface area contributed by atoms with Crippen LogP contribution in [0, 0.1) is 6.92 Å². The number of hydrogen-bond donors (Lipinski definition) is 1. The fraction of sp³-hybridized carbons (Fsp3) is 0.367. The van der Waals surface area contributed by atoms with Crippen molar-refractivity contribution < 1.29 is 28.2 Å². The molecule has 1 aliphatic heterocycles. The number of fused-ring (bicyclic) bond motifs is 1. The number of aryl methyl sites for hydroxylation is 1. The van der Waals surface area contributed by atoms with E-state index in [1.165, 1.54) is 9.70 Å². The topological polar surface area (TPSA) is 134 Å². The Hall–Kier alpha value is -4.87. The van der Waals surface area contributed by atoms with E-state index >= 15 is 0 Å². The Morgan fingerprint density at radius 3 is 2.52 bits per heavy atom. The number of tetrazole rings is 1. The fourth-order valence-electron chi connectivity index (χ4n) is 5.31. The molecule has 1 fully saturated rings. The Labute approximate surface area is 242 Å². The monoisotopic (exact) mass is 572 g/mol. The lowest BCUT2D eigenvalue weighted by Crippen LogP contribution is -2.47. The summed E-state index contributed by atoms with van der Waals surface area (Å²) in [5.41, 5.74) is 1.17. The molecular formula is C30H32N6O6. The van der Waals surface area contributed by atoms with Crippen LogP contribution in [0.4, 0.5) is 5.69 Å². The van der Waals surface area contributed by atoms with Crippen LogP contribution >= 0.6 is 0 Å². The highest BCUT2D eigenvalue weighted by Gasteiger charge is 2.37. The highest BCUT2D eigenvalue weighted by atomic mass is 16.6. The van der Waals surface area contributed by atoms with Gasteiger partial charge in [0.05, 0.1) is 7.11 Å². The van der Waals surface area contributed by atoms with Gasteiger partial charge in [-0.15, -0.1) is 10.2 Å². The molecule has 218 valence electrons. The van der Waals surface area contributed by atoms with Crippen LogP contribution in [0.15, 0.2) is 59.0 Å². The summed E-state index contributed by atoms with van der Waals surface area (Å²) < 4.78 is 22.7. The maximum Gasteiger partial charge on any atom is 0.251 e. The van der Waals surface area contributed by atoms with Crippen molar-refractivity contribution in [2.75, 3.05) is 25.2 Å². The lowest BCUT2D eigenvalue weighted by atomic mass is 10.1. The maximum absolute atomic E-state index is 14.2. The number of nitrogens with one attached hydrogen (secondary N) is 1. The van der Waals surface area contributed by atoms with Crippen molar-refractivity contribution in [3.63, 3.8) is 0 Å². The standard InChI is InChI=1S/C30H32N6O6/c1-19-7-13-25(42-19)28(30(38)31-21-5-3-4-6-21)36(22-10-14-24-26(17-22)41-16-15-40-24)27(37)18-35-33-29(32-34-35)20-8-11-23(39-2)12-9-20/h7-14,17,21,28H,3-6,15-16,18H2,1-2H3,(H,31,38). The van der Waals surface area contributed by atoms with Gasteiger partial charge in [0.2, 0.25) is 5.82 Å². The van der Waals surface area contributed by atoms with Gasteiger partial charge in [-0.1, -0.05) is 12.8 Å². The number of amides is 2. The molecule has 2 aromatic heterocycles. The quantitative estimate of drug-likeness (QED) is 0.317. The van der Waals surface area contributed by atoms with Gasteiger partial charge in [0.15, 0.2) is 17.5 Å². The minimum Gasteiger partial charge on any atom is -0.497 e. The summed E-state index contributed by atoms with van der Waals surface area (Å²) in [4.78, 5) is 30.7. The predicted octanol–water partition coefficient (Wildman–Crippen LogP) is 3.85. The van der Waals surface area contributed by atoms with Crippen molar-refractivity contribution in [1.82, 2.24) is 25.5 Å². The lowest BCUT2D eigenvalue weighted by Gasteiger charge is -2.31. The van der Waals surface area contributed by atoms with E-state index in [0.29, 0.717) is 53.5 Å². The molecule has 1 saturated carbocycles. The van der Waals surface area contributed by atoms with E-state index in [-0.39, 0.29) is 18.5 Å². The number of aromatic nitrogens is 4. The largest absolute Gasteiger partial charge is 0.497 e. The number of carbonyl (C=O) groups is 2. The third-order valence-corrected chi connectivity index (χ3v) is 7.39.